The number of hydrogen-bond acceptors (Lipinski definition) is 2. The molecule has 1 N–H and O–H groups in total. The van der Waals surface area contributed by atoms with Crippen molar-refractivity contribution in [2.24, 2.45) is 0 Å². The van der Waals surface area contributed by atoms with E-state index in [1.54, 1.807) is 6.92 Å². The number of benzene rings is 1. The van der Waals surface area contributed by atoms with Crippen LogP contribution in [0.15, 0.2) is 24.4 Å². The number of aromatic nitrogens is 1. The van der Waals surface area contributed by atoms with E-state index >= 15 is 0 Å². The summed E-state index contributed by atoms with van der Waals surface area (Å²) in [4.78, 5) is 3.78. The van der Waals surface area contributed by atoms with Crippen LogP contribution in [0.2, 0.25) is 0 Å². The average Bonchev–Trinajstić information content (AvgIpc) is 2.47. The molecule has 1 atom stereocenters. The van der Waals surface area contributed by atoms with Gasteiger partial charge in [0.1, 0.15) is 11.5 Å². The Hall–Kier alpha value is -2.18. The second kappa shape index (κ2) is 6.07. The van der Waals surface area contributed by atoms with E-state index in [0.29, 0.717) is 12.1 Å². The standard InChI is InChI=1S/C14H11F5N2/c1-2-10(11-4-3-7(15)6-20-11)21-14-12(18)8(16)5-9(17)13(14)19/h3-6,10,21H,2H2,1H3. The summed E-state index contributed by atoms with van der Waals surface area (Å²) >= 11 is 0. The molecule has 0 aliphatic carbocycles. The highest BCUT2D eigenvalue weighted by atomic mass is 19.2. The van der Waals surface area contributed by atoms with Crippen molar-refractivity contribution in [2.45, 2.75) is 19.4 Å². The predicted octanol–water partition coefficient (Wildman–Crippen LogP) is 4.34. The third kappa shape index (κ3) is 3.12. The van der Waals surface area contributed by atoms with Gasteiger partial charge < -0.3 is 5.32 Å². The van der Waals surface area contributed by atoms with Crippen LogP contribution in [0.4, 0.5) is 27.6 Å². The van der Waals surface area contributed by atoms with Gasteiger partial charge in [0.05, 0.1) is 17.9 Å². The highest BCUT2D eigenvalue weighted by Crippen LogP contribution is 2.28. The second-order valence-electron chi connectivity index (χ2n) is 4.35. The number of nitrogens with zero attached hydrogens (tertiary/aromatic N) is 1. The summed E-state index contributed by atoms with van der Waals surface area (Å²) in [6, 6.07) is 1.86. The zero-order valence-electron chi connectivity index (χ0n) is 10.9. The highest BCUT2D eigenvalue weighted by molar-refractivity contribution is 5.48. The first-order valence-corrected chi connectivity index (χ1v) is 6.15. The van der Waals surface area contributed by atoms with Crippen molar-refractivity contribution in [1.82, 2.24) is 4.98 Å². The van der Waals surface area contributed by atoms with Gasteiger partial charge in [0.2, 0.25) is 0 Å². The Morgan fingerprint density at radius 3 is 2.14 bits per heavy atom. The first-order chi connectivity index (χ1) is 9.93. The maximum atomic E-state index is 13.6. The molecule has 21 heavy (non-hydrogen) atoms. The Kier molecular flexibility index (Phi) is 4.40. The van der Waals surface area contributed by atoms with Crippen LogP contribution >= 0.6 is 0 Å². The third-order valence-corrected chi connectivity index (χ3v) is 2.95. The first-order valence-electron chi connectivity index (χ1n) is 6.15. The summed E-state index contributed by atoms with van der Waals surface area (Å²) in [7, 11) is 0. The molecule has 1 aromatic heterocycles. The Labute approximate surface area is 117 Å². The molecule has 0 radical (unpaired) electrons. The summed E-state index contributed by atoms with van der Waals surface area (Å²) in [5, 5.41) is 2.37. The molecule has 7 heteroatoms. The van der Waals surface area contributed by atoms with Crippen LogP contribution in [-0.2, 0) is 0 Å². The van der Waals surface area contributed by atoms with E-state index < -0.39 is 40.8 Å². The van der Waals surface area contributed by atoms with E-state index in [9.17, 15) is 22.0 Å². The second-order valence-corrected chi connectivity index (χ2v) is 4.35. The molecule has 2 aromatic rings. The predicted molar refractivity (Wildman–Crippen MR) is 67.1 cm³/mol. The lowest BCUT2D eigenvalue weighted by molar-refractivity contribution is 0.456. The molecule has 0 aliphatic heterocycles. The minimum Gasteiger partial charge on any atom is -0.372 e. The minimum atomic E-state index is -1.52. The van der Waals surface area contributed by atoms with E-state index in [1.807, 2.05) is 0 Å². The number of nitrogens with one attached hydrogen (secondary N) is 1. The SMILES string of the molecule is CCC(Nc1c(F)c(F)cc(F)c1F)c1ccc(F)cn1. The number of rotatable bonds is 4. The van der Waals surface area contributed by atoms with Gasteiger partial charge in [-0.15, -0.1) is 0 Å². The van der Waals surface area contributed by atoms with Crippen LogP contribution in [0.25, 0.3) is 0 Å². The smallest absolute Gasteiger partial charge is 0.185 e. The Bertz CT molecular complexity index is 617. The molecular formula is C14H11F5N2. The molecule has 0 fully saturated rings. The lowest BCUT2D eigenvalue weighted by Crippen LogP contribution is -2.15. The van der Waals surface area contributed by atoms with Gasteiger partial charge in [0, 0.05) is 6.07 Å². The van der Waals surface area contributed by atoms with Crippen LogP contribution < -0.4 is 5.32 Å². The van der Waals surface area contributed by atoms with E-state index in [1.165, 1.54) is 6.07 Å². The number of hydrogen-bond donors (Lipinski definition) is 1. The van der Waals surface area contributed by atoms with Gasteiger partial charge in [0.25, 0.3) is 0 Å². The lowest BCUT2D eigenvalue weighted by Gasteiger charge is -2.19. The molecule has 1 unspecified atom stereocenters. The zero-order chi connectivity index (χ0) is 15.6. The van der Waals surface area contributed by atoms with Crippen LogP contribution in [0.3, 0.4) is 0 Å². The zero-order valence-corrected chi connectivity index (χ0v) is 10.9. The molecule has 0 aliphatic rings. The van der Waals surface area contributed by atoms with E-state index in [-0.39, 0.29) is 6.07 Å². The quantitative estimate of drug-likeness (QED) is 0.671. The summed E-state index contributed by atoms with van der Waals surface area (Å²) in [6.45, 7) is 1.67. The Morgan fingerprint density at radius 1 is 1.05 bits per heavy atom. The van der Waals surface area contributed by atoms with Crippen LogP contribution in [-0.4, -0.2) is 4.98 Å². The van der Waals surface area contributed by atoms with Gasteiger partial charge in [-0.1, -0.05) is 6.92 Å². The van der Waals surface area contributed by atoms with E-state index in [4.69, 9.17) is 0 Å². The van der Waals surface area contributed by atoms with Crippen molar-refractivity contribution in [1.29, 1.82) is 0 Å². The van der Waals surface area contributed by atoms with Gasteiger partial charge in [-0.25, -0.2) is 22.0 Å². The van der Waals surface area contributed by atoms with Crippen molar-refractivity contribution in [3.63, 3.8) is 0 Å². The van der Waals surface area contributed by atoms with Crippen molar-refractivity contribution < 1.29 is 22.0 Å². The van der Waals surface area contributed by atoms with Crippen molar-refractivity contribution >= 4 is 5.69 Å². The summed E-state index contributed by atoms with van der Waals surface area (Å²) in [6.07, 6.45) is 1.26. The molecule has 2 nitrogen and oxygen atoms in total. The summed E-state index contributed by atoms with van der Waals surface area (Å²) in [5.41, 5.74) is -0.618. The summed E-state index contributed by atoms with van der Waals surface area (Å²) in [5.74, 6) is -6.61. The van der Waals surface area contributed by atoms with Crippen LogP contribution in [0, 0.1) is 29.1 Å². The normalized spacial score (nSPS) is 12.3. The molecule has 2 rings (SSSR count). The molecule has 0 amide bonds. The number of pyridine rings is 1. The first kappa shape index (κ1) is 15.2. The molecule has 0 spiro atoms. The van der Waals surface area contributed by atoms with Crippen molar-refractivity contribution in [3.8, 4) is 0 Å². The maximum Gasteiger partial charge on any atom is 0.185 e. The van der Waals surface area contributed by atoms with Gasteiger partial charge in [-0.2, -0.15) is 0 Å². The molecule has 1 heterocycles. The fourth-order valence-electron chi connectivity index (χ4n) is 1.85. The Morgan fingerprint density at radius 2 is 1.67 bits per heavy atom. The minimum absolute atomic E-state index is 0.132. The van der Waals surface area contributed by atoms with Gasteiger partial charge in [-0.3, -0.25) is 4.98 Å². The monoisotopic (exact) mass is 302 g/mol. The van der Waals surface area contributed by atoms with Crippen molar-refractivity contribution in [3.05, 3.63) is 59.2 Å². The van der Waals surface area contributed by atoms with Crippen molar-refractivity contribution in [2.75, 3.05) is 5.32 Å². The van der Waals surface area contributed by atoms with Gasteiger partial charge in [-0.05, 0) is 18.6 Å². The molecule has 0 saturated carbocycles. The number of halogens is 5. The fraction of sp³-hybridized carbons (Fsp3) is 0.214. The molecule has 0 saturated heterocycles. The summed E-state index contributed by atoms with van der Waals surface area (Å²) < 4.78 is 66.3. The van der Waals surface area contributed by atoms with Crippen LogP contribution in [0.1, 0.15) is 25.1 Å². The largest absolute Gasteiger partial charge is 0.372 e. The van der Waals surface area contributed by atoms with Gasteiger partial charge >= 0.3 is 0 Å². The molecule has 1 aromatic carbocycles. The maximum absolute atomic E-state index is 13.6. The Balaban J connectivity index is 2.37. The van der Waals surface area contributed by atoms with E-state index in [2.05, 4.69) is 10.3 Å². The molecule has 112 valence electrons. The average molecular weight is 302 g/mol. The van der Waals surface area contributed by atoms with Gasteiger partial charge in [0.15, 0.2) is 23.3 Å². The molecular weight excluding hydrogens is 291 g/mol. The van der Waals surface area contributed by atoms with E-state index in [0.717, 1.165) is 12.3 Å². The fourth-order valence-corrected chi connectivity index (χ4v) is 1.85. The highest BCUT2D eigenvalue weighted by Gasteiger charge is 2.22. The third-order valence-electron chi connectivity index (χ3n) is 2.95. The number of anilines is 1. The molecule has 0 bridgehead atoms. The van der Waals surface area contributed by atoms with Crippen LogP contribution in [0.5, 0.6) is 0 Å². The lowest BCUT2D eigenvalue weighted by atomic mass is 10.1. The topological polar surface area (TPSA) is 24.9 Å².